The Hall–Kier alpha value is -1.90. The monoisotopic (exact) mass is 453 g/mol. The van der Waals surface area contributed by atoms with Gasteiger partial charge in [-0.15, -0.1) is 0 Å². The number of anilines is 1. The number of nitrogens with one attached hydrogen (secondary N) is 2. The van der Waals surface area contributed by atoms with Gasteiger partial charge in [-0.2, -0.15) is 0 Å². The Balaban J connectivity index is 1.64. The fourth-order valence-electron chi connectivity index (χ4n) is 2.44. The van der Waals surface area contributed by atoms with E-state index in [1.54, 1.807) is 12.1 Å². The number of para-hydroxylation sites is 1. The van der Waals surface area contributed by atoms with Gasteiger partial charge in [0.2, 0.25) is 15.9 Å². The summed E-state index contributed by atoms with van der Waals surface area (Å²) >= 11 is 3.26. The van der Waals surface area contributed by atoms with Crippen LogP contribution in [0.2, 0.25) is 0 Å². The van der Waals surface area contributed by atoms with Crippen LogP contribution in [0.4, 0.5) is 5.69 Å². The predicted octanol–water partition coefficient (Wildman–Crippen LogP) is 2.76. The van der Waals surface area contributed by atoms with E-state index >= 15 is 0 Å². The molecule has 1 amide bonds. The van der Waals surface area contributed by atoms with Gasteiger partial charge in [0.05, 0.1) is 4.90 Å². The molecule has 0 radical (unpaired) electrons. The van der Waals surface area contributed by atoms with Gasteiger partial charge in [0.1, 0.15) is 0 Å². The molecular weight excluding hydrogens is 430 g/mol. The van der Waals surface area contributed by atoms with Crippen LogP contribution in [0.3, 0.4) is 0 Å². The van der Waals surface area contributed by atoms with Crippen molar-refractivity contribution in [2.75, 3.05) is 31.6 Å². The molecule has 0 atom stereocenters. The molecule has 2 aromatic carbocycles. The molecule has 0 saturated carbocycles. The summed E-state index contributed by atoms with van der Waals surface area (Å²) in [5.41, 5.74) is 1.13. The summed E-state index contributed by atoms with van der Waals surface area (Å²) in [7, 11) is -1.59. The number of hydrogen-bond acceptors (Lipinski definition) is 4. The van der Waals surface area contributed by atoms with Gasteiger partial charge >= 0.3 is 0 Å². The third-order valence-corrected chi connectivity index (χ3v) is 5.96. The first-order valence-electron chi connectivity index (χ1n) is 8.66. The van der Waals surface area contributed by atoms with Crippen molar-refractivity contribution in [3.8, 4) is 0 Å². The maximum absolute atomic E-state index is 12.1. The van der Waals surface area contributed by atoms with Gasteiger partial charge in [0.15, 0.2) is 0 Å². The zero-order valence-electron chi connectivity index (χ0n) is 15.2. The number of sulfonamides is 1. The van der Waals surface area contributed by atoms with Crippen LogP contribution < -0.4 is 14.9 Å². The average molecular weight is 454 g/mol. The number of nitrogens with zero attached hydrogens (tertiary/aromatic N) is 1. The fraction of sp³-hybridized carbons (Fsp3) is 0.316. The van der Waals surface area contributed by atoms with Crippen LogP contribution in [0, 0.1) is 0 Å². The van der Waals surface area contributed by atoms with E-state index in [1.807, 2.05) is 37.4 Å². The summed E-state index contributed by atoms with van der Waals surface area (Å²) in [6.07, 6.45) is 0.909. The third-order valence-electron chi connectivity index (χ3n) is 3.96. The highest BCUT2D eigenvalue weighted by Crippen LogP contribution is 2.14. The van der Waals surface area contributed by atoms with Crippen LogP contribution >= 0.6 is 15.9 Å². The Bertz CT molecular complexity index is 827. The van der Waals surface area contributed by atoms with Crippen LogP contribution in [0.5, 0.6) is 0 Å². The molecule has 8 heteroatoms. The normalized spacial score (nSPS) is 11.2. The van der Waals surface area contributed by atoms with Crippen molar-refractivity contribution in [2.24, 2.45) is 0 Å². The second-order valence-corrected chi connectivity index (χ2v) is 8.74. The van der Waals surface area contributed by atoms with E-state index in [4.69, 9.17) is 0 Å². The second kappa shape index (κ2) is 10.4. The summed E-state index contributed by atoms with van der Waals surface area (Å²) in [4.78, 5) is 14.2. The van der Waals surface area contributed by atoms with Crippen molar-refractivity contribution < 1.29 is 13.2 Å². The first kappa shape index (κ1) is 21.4. The predicted molar refractivity (Wildman–Crippen MR) is 111 cm³/mol. The minimum atomic E-state index is -3.60. The lowest BCUT2D eigenvalue weighted by Crippen LogP contribution is -2.32. The van der Waals surface area contributed by atoms with Gasteiger partial charge in [0.25, 0.3) is 0 Å². The van der Waals surface area contributed by atoms with Crippen molar-refractivity contribution in [1.29, 1.82) is 0 Å². The van der Waals surface area contributed by atoms with Crippen LogP contribution in [0.25, 0.3) is 0 Å². The molecule has 2 aromatic rings. The standard InChI is InChI=1S/C19H24BrN3O3S/c1-23(17-6-3-2-4-7-17)15-5-13-21-19(24)12-14-22-27(25,26)18-10-8-16(20)9-11-18/h2-4,6-11,22H,5,12-15H2,1H3,(H,21,24). The Kier molecular flexibility index (Phi) is 8.27. The van der Waals surface area contributed by atoms with E-state index in [0.29, 0.717) is 6.54 Å². The summed E-state index contributed by atoms with van der Waals surface area (Å²) in [5.74, 6) is -0.170. The molecule has 0 aliphatic carbocycles. The van der Waals surface area contributed by atoms with Crippen molar-refractivity contribution in [3.05, 3.63) is 59.1 Å². The number of hydrogen-bond donors (Lipinski definition) is 2. The molecule has 27 heavy (non-hydrogen) atoms. The lowest BCUT2D eigenvalue weighted by atomic mass is 10.3. The molecule has 0 spiro atoms. The SMILES string of the molecule is CN(CCCNC(=O)CCNS(=O)(=O)c1ccc(Br)cc1)c1ccccc1. The molecule has 6 nitrogen and oxygen atoms in total. The van der Waals surface area contributed by atoms with Crippen molar-refractivity contribution in [3.63, 3.8) is 0 Å². The van der Waals surface area contributed by atoms with Gasteiger partial charge in [-0.25, -0.2) is 13.1 Å². The highest BCUT2D eigenvalue weighted by Gasteiger charge is 2.13. The quantitative estimate of drug-likeness (QED) is 0.542. The van der Waals surface area contributed by atoms with E-state index in [-0.39, 0.29) is 23.8 Å². The number of halogens is 1. The van der Waals surface area contributed by atoms with Gasteiger partial charge in [-0.3, -0.25) is 4.79 Å². The highest BCUT2D eigenvalue weighted by atomic mass is 79.9. The number of carbonyl (C=O) groups is 1. The summed E-state index contributed by atoms with van der Waals surface area (Å²) in [5, 5.41) is 2.82. The first-order valence-corrected chi connectivity index (χ1v) is 10.9. The van der Waals surface area contributed by atoms with E-state index < -0.39 is 10.0 Å². The van der Waals surface area contributed by atoms with Gasteiger partial charge in [-0.1, -0.05) is 34.1 Å². The Morgan fingerprint density at radius 1 is 1.04 bits per heavy atom. The molecule has 0 bridgehead atoms. The van der Waals surface area contributed by atoms with Crippen molar-refractivity contribution >= 4 is 37.5 Å². The van der Waals surface area contributed by atoms with Crippen LogP contribution in [0.15, 0.2) is 64.0 Å². The Labute approximate surface area is 169 Å². The smallest absolute Gasteiger partial charge is 0.240 e. The van der Waals surface area contributed by atoms with Crippen LogP contribution in [-0.2, 0) is 14.8 Å². The molecule has 0 aliphatic rings. The first-order chi connectivity index (χ1) is 12.9. The maximum Gasteiger partial charge on any atom is 0.240 e. The summed E-state index contributed by atoms with van der Waals surface area (Å²) in [6.45, 7) is 1.43. The lowest BCUT2D eigenvalue weighted by Gasteiger charge is -2.19. The van der Waals surface area contributed by atoms with Crippen LogP contribution in [0.1, 0.15) is 12.8 Å². The highest BCUT2D eigenvalue weighted by molar-refractivity contribution is 9.10. The number of carbonyl (C=O) groups excluding carboxylic acids is 1. The average Bonchev–Trinajstić information content (AvgIpc) is 2.66. The molecule has 2 N–H and O–H groups in total. The molecule has 0 heterocycles. The molecular formula is C19H24BrN3O3S. The minimum absolute atomic E-state index is 0.0636. The largest absolute Gasteiger partial charge is 0.375 e. The van der Waals surface area contributed by atoms with Crippen molar-refractivity contribution in [2.45, 2.75) is 17.7 Å². The topological polar surface area (TPSA) is 78.5 Å². The minimum Gasteiger partial charge on any atom is -0.375 e. The molecule has 146 valence electrons. The molecule has 2 rings (SSSR count). The van der Waals surface area contributed by atoms with E-state index in [9.17, 15) is 13.2 Å². The lowest BCUT2D eigenvalue weighted by molar-refractivity contribution is -0.120. The Morgan fingerprint density at radius 3 is 2.37 bits per heavy atom. The van der Waals surface area contributed by atoms with Crippen LogP contribution in [-0.4, -0.2) is 41.0 Å². The van der Waals surface area contributed by atoms with E-state index in [0.717, 1.165) is 23.1 Å². The maximum atomic E-state index is 12.1. The summed E-state index contributed by atoms with van der Waals surface area (Å²) < 4.78 is 27.5. The third kappa shape index (κ3) is 7.32. The number of amides is 1. The molecule has 0 aliphatic heterocycles. The fourth-order valence-corrected chi connectivity index (χ4v) is 3.74. The number of rotatable bonds is 10. The van der Waals surface area contributed by atoms with Crippen molar-refractivity contribution in [1.82, 2.24) is 10.0 Å². The second-order valence-electron chi connectivity index (χ2n) is 6.06. The Morgan fingerprint density at radius 2 is 1.70 bits per heavy atom. The molecule has 0 unspecified atom stereocenters. The summed E-state index contributed by atoms with van der Waals surface area (Å²) in [6, 6.07) is 16.4. The van der Waals surface area contributed by atoms with Gasteiger partial charge in [-0.05, 0) is 42.8 Å². The molecule has 0 saturated heterocycles. The zero-order chi connectivity index (χ0) is 19.7. The molecule has 0 aromatic heterocycles. The number of benzene rings is 2. The zero-order valence-corrected chi connectivity index (χ0v) is 17.6. The van der Waals surface area contributed by atoms with E-state index in [1.165, 1.54) is 12.1 Å². The van der Waals surface area contributed by atoms with Gasteiger partial charge in [0, 0.05) is 43.3 Å². The van der Waals surface area contributed by atoms with Gasteiger partial charge < -0.3 is 10.2 Å². The molecule has 0 fully saturated rings. The van der Waals surface area contributed by atoms with E-state index in [2.05, 4.69) is 30.9 Å².